The van der Waals surface area contributed by atoms with Crippen molar-refractivity contribution in [3.63, 3.8) is 0 Å². The summed E-state index contributed by atoms with van der Waals surface area (Å²) in [5.74, 6) is 0. The van der Waals surface area contributed by atoms with Crippen molar-refractivity contribution in [2.45, 2.75) is 13.5 Å². The molecule has 0 spiro atoms. The van der Waals surface area contributed by atoms with Crippen LogP contribution in [0.5, 0.6) is 0 Å². The number of aromatic nitrogens is 2. The predicted octanol–water partition coefficient (Wildman–Crippen LogP) is 3.46. The molecule has 1 aromatic carbocycles. The van der Waals surface area contributed by atoms with E-state index in [0.29, 0.717) is 12.1 Å². The van der Waals surface area contributed by atoms with Crippen LogP contribution in [0.1, 0.15) is 11.4 Å². The average molecular weight is 294 g/mol. The summed E-state index contributed by atoms with van der Waals surface area (Å²) in [6, 6.07) is 12.6. The molecule has 0 radical (unpaired) electrons. The third-order valence-corrected chi connectivity index (χ3v) is 3.33. The van der Waals surface area contributed by atoms with Gasteiger partial charge in [0.15, 0.2) is 5.52 Å². The highest BCUT2D eigenvalue weighted by molar-refractivity contribution is 5.96. The zero-order valence-corrected chi connectivity index (χ0v) is 12.0. The minimum Gasteiger partial charge on any atom is -0.379 e. The maximum atomic E-state index is 11.2. The second-order valence-electron chi connectivity index (χ2n) is 4.92. The van der Waals surface area contributed by atoms with Crippen molar-refractivity contribution in [2.24, 2.45) is 0 Å². The first kappa shape index (κ1) is 13.9. The molecule has 110 valence electrons. The zero-order valence-electron chi connectivity index (χ0n) is 12.0. The summed E-state index contributed by atoms with van der Waals surface area (Å²) in [6.07, 6.45) is 1.73. The number of nitrogens with zero attached hydrogens (tertiary/aromatic N) is 3. The lowest BCUT2D eigenvalue weighted by atomic mass is 10.1. The summed E-state index contributed by atoms with van der Waals surface area (Å²) < 4.78 is 0. The number of hydrogen-bond donors (Lipinski definition) is 1. The van der Waals surface area contributed by atoms with Gasteiger partial charge < -0.3 is 5.32 Å². The summed E-state index contributed by atoms with van der Waals surface area (Å²) in [4.78, 5) is 19.3. The van der Waals surface area contributed by atoms with Crippen molar-refractivity contribution in [3.8, 4) is 0 Å². The molecule has 0 saturated carbocycles. The van der Waals surface area contributed by atoms with Gasteiger partial charge >= 0.3 is 0 Å². The largest absolute Gasteiger partial charge is 0.379 e. The minimum absolute atomic E-state index is 0.0158. The number of rotatable bonds is 4. The van der Waals surface area contributed by atoms with Crippen LogP contribution < -0.4 is 5.32 Å². The quantitative estimate of drug-likeness (QED) is 0.588. The first-order valence-corrected chi connectivity index (χ1v) is 6.83. The number of pyridine rings is 2. The van der Waals surface area contributed by atoms with Gasteiger partial charge in [-0.25, -0.2) is 4.98 Å². The second kappa shape index (κ2) is 5.77. The summed E-state index contributed by atoms with van der Waals surface area (Å²) in [7, 11) is 0. The fraction of sp³-hybridized carbons (Fsp3) is 0.125. The highest BCUT2D eigenvalue weighted by atomic mass is 16.6. The second-order valence-corrected chi connectivity index (χ2v) is 4.92. The Labute approximate surface area is 127 Å². The molecule has 3 aromatic rings. The van der Waals surface area contributed by atoms with Gasteiger partial charge in [-0.1, -0.05) is 18.2 Å². The van der Waals surface area contributed by atoms with E-state index >= 15 is 0 Å². The number of nitrogens with one attached hydrogen (secondary N) is 1. The van der Waals surface area contributed by atoms with Crippen molar-refractivity contribution in [1.29, 1.82) is 0 Å². The molecule has 0 aliphatic rings. The lowest BCUT2D eigenvalue weighted by Crippen LogP contribution is -2.03. The number of benzene rings is 1. The average Bonchev–Trinajstić information content (AvgIpc) is 2.52. The maximum absolute atomic E-state index is 11.2. The Hall–Kier alpha value is -3.02. The van der Waals surface area contributed by atoms with Crippen molar-refractivity contribution in [2.75, 3.05) is 5.32 Å². The Bertz CT molecular complexity index is 834. The number of non-ortho nitro benzene ring substituents is 1. The van der Waals surface area contributed by atoms with Crippen molar-refractivity contribution < 1.29 is 4.92 Å². The maximum Gasteiger partial charge on any atom is 0.295 e. The Morgan fingerprint density at radius 1 is 1.23 bits per heavy atom. The summed E-state index contributed by atoms with van der Waals surface area (Å²) in [5, 5.41) is 15.2. The number of aryl methyl sites for hydroxylation is 1. The van der Waals surface area contributed by atoms with E-state index in [2.05, 4.69) is 15.3 Å². The van der Waals surface area contributed by atoms with Gasteiger partial charge in [0.2, 0.25) is 0 Å². The molecule has 0 fully saturated rings. The first-order valence-electron chi connectivity index (χ1n) is 6.83. The number of hydrogen-bond acceptors (Lipinski definition) is 5. The monoisotopic (exact) mass is 294 g/mol. The third-order valence-electron chi connectivity index (χ3n) is 3.33. The highest BCUT2D eigenvalue weighted by Crippen LogP contribution is 2.29. The predicted molar refractivity (Wildman–Crippen MR) is 84.7 cm³/mol. The highest BCUT2D eigenvalue weighted by Gasteiger charge is 2.15. The van der Waals surface area contributed by atoms with Crippen molar-refractivity contribution in [3.05, 3.63) is 70.2 Å². The number of anilines is 1. The molecule has 0 aliphatic carbocycles. The molecule has 0 saturated heterocycles. The minimum atomic E-state index is -0.405. The van der Waals surface area contributed by atoms with Gasteiger partial charge in [0.25, 0.3) is 5.69 Å². The normalized spacial score (nSPS) is 10.6. The molecule has 22 heavy (non-hydrogen) atoms. The number of fused-ring (bicyclic) bond motifs is 1. The topological polar surface area (TPSA) is 81.0 Å². The summed E-state index contributed by atoms with van der Waals surface area (Å²) >= 11 is 0. The van der Waals surface area contributed by atoms with Crippen molar-refractivity contribution >= 4 is 22.3 Å². The fourth-order valence-electron chi connectivity index (χ4n) is 2.34. The molecule has 2 aromatic heterocycles. The third kappa shape index (κ3) is 2.71. The molecule has 0 bridgehead atoms. The van der Waals surface area contributed by atoms with Crippen LogP contribution in [0.2, 0.25) is 0 Å². The van der Waals surface area contributed by atoms with E-state index < -0.39 is 4.92 Å². The first-order chi connectivity index (χ1) is 10.6. The molecule has 3 rings (SSSR count). The van der Waals surface area contributed by atoms with Gasteiger partial charge in [-0.15, -0.1) is 0 Å². The molecule has 6 nitrogen and oxygen atoms in total. The summed E-state index contributed by atoms with van der Waals surface area (Å²) in [5.41, 5.74) is 2.86. The lowest BCUT2D eigenvalue weighted by molar-refractivity contribution is -0.383. The summed E-state index contributed by atoms with van der Waals surface area (Å²) in [6.45, 7) is 2.37. The van der Waals surface area contributed by atoms with E-state index in [4.69, 9.17) is 0 Å². The Kier molecular flexibility index (Phi) is 3.65. The zero-order chi connectivity index (χ0) is 15.5. The van der Waals surface area contributed by atoms with Crippen LogP contribution in [0.3, 0.4) is 0 Å². The molecular weight excluding hydrogens is 280 g/mol. The molecule has 0 aliphatic heterocycles. The Morgan fingerprint density at radius 2 is 2.09 bits per heavy atom. The lowest BCUT2D eigenvalue weighted by Gasteiger charge is -2.10. The van der Waals surface area contributed by atoms with E-state index in [1.54, 1.807) is 12.3 Å². The molecule has 0 atom stereocenters. The SMILES string of the molecule is Cc1cc(NCc2ccccn2)c2cccc([N+](=O)[O-])c2n1. The van der Waals surface area contributed by atoms with Crippen molar-refractivity contribution in [1.82, 2.24) is 9.97 Å². The van der Waals surface area contributed by atoms with Gasteiger partial charge in [0, 0.05) is 29.0 Å². The van der Waals surface area contributed by atoms with E-state index in [1.807, 2.05) is 37.3 Å². The number of nitro groups is 1. The molecule has 1 N–H and O–H groups in total. The molecule has 2 heterocycles. The van der Waals surface area contributed by atoms with E-state index in [1.165, 1.54) is 6.07 Å². The van der Waals surface area contributed by atoms with Crippen LogP contribution in [0.25, 0.3) is 10.9 Å². The molecule has 0 amide bonds. The Morgan fingerprint density at radius 3 is 2.82 bits per heavy atom. The molecular formula is C16H14N4O2. The van der Waals surface area contributed by atoms with Crippen LogP contribution in [-0.2, 0) is 6.54 Å². The number of nitro benzene ring substituents is 1. The van der Waals surface area contributed by atoms with Gasteiger partial charge in [0.1, 0.15) is 0 Å². The van der Waals surface area contributed by atoms with Crippen LogP contribution in [0.15, 0.2) is 48.7 Å². The Balaban J connectivity index is 2.02. The van der Waals surface area contributed by atoms with Crippen LogP contribution >= 0.6 is 0 Å². The van der Waals surface area contributed by atoms with Crippen LogP contribution in [0.4, 0.5) is 11.4 Å². The van der Waals surface area contributed by atoms with Crippen LogP contribution in [0, 0.1) is 17.0 Å². The standard InChI is InChI=1S/C16H14N4O2/c1-11-9-14(18-10-12-5-2-3-8-17-12)13-6-4-7-15(20(21)22)16(13)19-11/h2-9H,10H2,1H3,(H,18,19). The molecule has 6 heteroatoms. The van der Waals surface area contributed by atoms with E-state index in [0.717, 1.165) is 22.5 Å². The van der Waals surface area contributed by atoms with Crippen LogP contribution in [-0.4, -0.2) is 14.9 Å². The van der Waals surface area contributed by atoms with Gasteiger partial charge in [-0.05, 0) is 25.1 Å². The molecule has 0 unspecified atom stereocenters. The van der Waals surface area contributed by atoms with Gasteiger partial charge in [-0.2, -0.15) is 0 Å². The number of para-hydroxylation sites is 1. The smallest absolute Gasteiger partial charge is 0.295 e. The van der Waals surface area contributed by atoms with Gasteiger partial charge in [-0.3, -0.25) is 15.1 Å². The fourth-order valence-corrected chi connectivity index (χ4v) is 2.34. The van der Waals surface area contributed by atoms with E-state index in [-0.39, 0.29) is 5.69 Å². The van der Waals surface area contributed by atoms with Gasteiger partial charge in [0.05, 0.1) is 17.2 Å². The van der Waals surface area contributed by atoms with E-state index in [9.17, 15) is 10.1 Å².